The number of nitrogens with one attached hydrogen (secondary N) is 1. The third-order valence-corrected chi connectivity index (χ3v) is 3.96. The van der Waals surface area contributed by atoms with Gasteiger partial charge in [0.1, 0.15) is 5.75 Å². The normalized spacial score (nSPS) is 11.2. The van der Waals surface area contributed by atoms with E-state index in [1.54, 1.807) is 18.2 Å². The minimum atomic E-state index is -0.256. The van der Waals surface area contributed by atoms with E-state index in [0.29, 0.717) is 23.5 Å². The molecule has 0 saturated carbocycles. The lowest BCUT2D eigenvalue weighted by Crippen LogP contribution is -2.39. The van der Waals surface area contributed by atoms with Gasteiger partial charge in [-0.15, -0.1) is 0 Å². The first-order valence-electron chi connectivity index (χ1n) is 6.84. The molecule has 0 radical (unpaired) electrons. The summed E-state index contributed by atoms with van der Waals surface area (Å²) < 4.78 is 5.10. The maximum Gasteiger partial charge on any atom is 0.251 e. The van der Waals surface area contributed by atoms with Crippen LogP contribution >= 0.6 is 0 Å². The molecule has 0 aliphatic rings. The molecule has 0 saturated heterocycles. The zero-order valence-corrected chi connectivity index (χ0v) is 12.4. The van der Waals surface area contributed by atoms with Gasteiger partial charge in [-0.25, -0.2) is 0 Å². The molecule has 5 heteroatoms. The number of aliphatic hydroxyl groups excluding tert-OH is 1. The van der Waals surface area contributed by atoms with E-state index in [1.165, 1.54) is 7.11 Å². The summed E-state index contributed by atoms with van der Waals surface area (Å²) in [6, 6.07) is 4.92. The molecular weight excluding hydrogens is 256 g/mol. The van der Waals surface area contributed by atoms with Crippen molar-refractivity contribution in [1.82, 2.24) is 5.32 Å². The molecule has 0 fully saturated rings. The molecule has 0 aromatic heterocycles. The summed E-state index contributed by atoms with van der Waals surface area (Å²) in [5.74, 6) is 0.292. The van der Waals surface area contributed by atoms with E-state index in [9.17, 15) is 9.90 Å². The van der Waals surface area contributed by atoms with E-state index >= 15 is 0 Å². The maximum atomic E-state index is 12.1. The molecular formula is C15H24N2O3. The summed E-state index contributed by atoms with van der Waals surface area (Å²) in [4.78, 5) is 12.1. The lowest BCUT2D eigenvalue weighted by molar-refractivity contribution is 0.0851. The van der Waals surface area contributed by atoms with Crippen molar-refractivity contribution < 1.29 is 14.6 Å². The molecule has 1 aromatic rings. The molecule has 1 aromatic carbocycles. The lowest BCUT2D eigenvalue weighted by atomic mass is 9.83. The monoisotopic (exact) mass is 280 g/mol. The van der Waals surface area contributed by atoms with Gasteiger partial charge in [-0.1, -0.05) is 13.8 Å². The van der Waals surface area contributed by atoms with Crippen molar-refractivity contribution in [3.05, 3.63) is 23.8 Å². The summed E-state index contributed by atoms with van der Waals surface area (Å²) >= 11 is 0. The number of hydrogen-bond donors (Lipinski definition) is 3. The van der Waals surface area contributed by atoms with Crippen molar-refractivity contribution in [2.75, 3.05) is 26.0 Å². The highest BCUT2D eigenvalue weighted by molar-refractivity contribution is 5.95. The molecule has 0 spiro atoms. The highest BCUT2D eigenvalue weighted by Crippen LogP contribution is 2.25. The predicted molar refractivity (Wildman–Crippen MR) is 79.8 cm³/mol. The van der Waals surface area contributed by atoms with Crippen LogP contribution in [0, 0.1) is 5.41 Å². The smallest absolute Gasteiger partial charge is 0.251 e. The number of carbonyl (C=O) groups excluding carboxylic acids is 1. The van der Waals surface area contributed by atoms with Crippen LogP contribution in [0.3, 0.4) is 0 Å². The second kappa shape index (κ2) is 7.14. The fraction of sp³-hybridized carbons (Fsp3) is 0.533. The Morgan fingerprint density at radius 3 is 2.55 bits per heavy atom. The van der Waals surface area contributed by atoms with Crippen LogP contribution in [0.5, 0.6) is 5.75 Å². The van der Waals surface area contributed by atoms with E-state index in [4.69, 9.17) is 10.5 Å². The highest BCUT2D eigenvalue weighted by atomic mass is 16.5. The maximum absolute atomic E-state index is 12.1. The third-order valence-electron chi connectivity index (χ3n) is 3.96. The van der Waals surface area contributed by atoms with Gasteiger partial charge in [-0.3, -0.25) is 4.79 Å². The molecule has 0 aliphatic heterocycles. The van der Waals surface area contributed by atoms with Crippen molar-refractivity contribution in [3.8, 4) is 5.75 Å². The Morgan fingerprint density at radius 1 is 1.40 bits per heavy atom. The number of methoxy groups -OCH3 is 1. The van der Waals surface area contributed by atoms with Gasteiger partial charge < -0.3 is 20.9 Å². The van der Waals surface area contributed by atoms with Crippen LogP contribution in [0.1, 0.15) is 37.0 Å². The van der Waals surface area contributed by atoms with Crippen molar-refractivity contribution in [3.63, 3.8) is 0 Å². The van der Waals surface area contributed by atoms with Gasteiger partial charge in [-0.05, 0) is 31.0 Å². The van der Waals surface area contributed by atoms with Crippen LogP contribution in [0.4, 0.5) is 5.69 Å². The molecule has 0 bridgehead atoms. The Morgan fingerprint density at radius 2 is 2.05 bits per heavy atom. The number of carbonyl (C=O) groups is 1. The number of nitrogens with two attached hydrogens (primary N) is 1. The number of anilines is 1. The zero-order chi connectivity index (χ0) is 15.2. The van der Waals surface area contributed by atoms with Gasteiger partial charge in [0, 0.05) is 17.5 Å². The second-order valence-corrected chi connectivity index (χ2v) is 5.00. The molecule has 0 aliphatic carbocycles. The molecule has 5 nitrogen and oxygen atoms in total. The Labute approximate surface area is 120 Å². The van der Waals surface area contributed by atoms with Crippen molar-refractivity contribution in [1.29, 1.82) is 0 Å². The first-order valence-corrected chi connectivity index (χ1v) is 6.84. The Bertz CT molecular complexity index is 448. The van der Waals surface area contributed by atoms with Crippen LogP contribution in [0.2, 0.25) is 0 Å². The van der Waals surface area contributed by atoms with Crippen molar-refractivity contribution in [2.24, 2.45) is 5.41 Å². The number of nitrogen functional groups attached to an aromatic ring is 1. The van der Waals surface area contributed by atoms with Crippen LogP contribution in [0.25, 0.3) is 0 Å². The standard InChI is InChI=1S/C15H24N2O3/c1-4-15(5-2,10-18)9-17-14(19)11-6-7-12(16)13(8-11)20-3/h6-8,18H,4-5,9-10,16H2,1-3H3,(H,17,19). The van der Waals surface area contributed by atoms with E-state index in [2.05, 4.69) is 5.32 Å². The second-order valence-electron chi connectivity index (χ2n) is 5.00. The number of ether oxygens (including phenoxy) is 1. The first kappa shape index (κ1) is 16.3. The Kier molecular flexibility index (Phi) is 5.82. The van der Waals surface area contributed by atoms with E-state index in [0.717, 1.165) is 12.8 Å². The topological polar surface area (TPSA) is 84.6 Å². The van der Waals surface area contributed by atoms with Gasteiger partial charge in [0.15, 0.2) is 0 Å². The molecule has 4 N–H and O–H groups in total. The molecule has 1 rings (SSSR count). The minimum Gasteiger partial charge on any atom is -0.495 e. The van der Waals surface area contributed by atoms with E-state index in [-0.39, 0.29) is 17.9 Å². The molecule has 0 atom stereocenters. The van der Waals surface area contributed by atoms with Crippen LogP contribution in [0.15, 0.2) is 18.2 Å². The largest absolute Gasteiger partial charge is 0.495 e. The van der Waals surface area contributed by atoms with Gasteiger partial charge in [0.25, 0.3) is 5.91 Å². The van der Waals surface area contributed by atoms with Gasteiger partial charge in [-0.2, -0.15) is 0 Å². The lowest BCUT2D eigenvalue weighted by Gasteiger charge is -2.29. The zero-order valence-electron chi connectivity index (χ0n) is 12.4. The SMILES string of the molecule is CCC(CC)(CO)CNC(=O)c1ccc(N)c(OC)c1. The van der Waals surface area contributed by atoms with Gasteiger partial charge in [0.2, 0.25) is 0 Å². The molecule has 0 heterocycles. The van der Waals surface area contributed by atoms with Crippen molar-refractivity contribution in [2.45, 2.75) is 26.7 Å². The van der Waals surface area contributed by atoms with E-state index < -0.39 is 0 Å². The number of aliphatic hydroxyl groups is 1. The number of amides is 1. The van der Waals surface area contributed by atoms with Crippen LogP contribution in [-0.4, -0.2) is 31.3 Å². The number of benzene rings is 1. The summed E-state index contributed by atoms with van der Waals surface area (Å²) in [5, 5.41) is 12.4. The number of rotatable bonds is 7. The Balaban J connectivity index is 2.76. The average Bonchev–Trinajstić information content (AvgIpc) is 2.49. The van der Waals surface area contributed by atoms with Crippen molar-refractivity contribution >= 4 is 11.6 Å². The van der Waals surface area contributed by atoms with Gasteiger partial charge >= 0.3 is 0 Å². The number of hydrogen-bond acceptors (Lipinski definition) is 4. The highest BCUT2D eigenvalue weighted by Gasteiger charge is 2.26. The summed E-state index contributed by atoms with van der Waals surface area (Å²) in [6.07, 6.45) is 1.62. The predicted octanol–water partition coefficient (Wildman–Crippen LogP) is 1.81. The van der Waals surface area contributed by atoms with Crippen LogP contribution < -0.4 is 15.8 Å². The minimum absolute atomic E-state index is 0.0609. The third kappa shape index (κ3) is 3.63. The molecule has 112 valence electrons. The summed E-state index contributed by atoms with van der Waals surface area (Å²) in [7, 11) is 1.51. The molecule has 20 heavy (non-hydrogen) atoms. The van der Waals surface area contributed by atoms with Crippen LogP contribution in [-0.2, 0) is 0 Å². The summed E-state index contributed by atoms with van der Waals surface area (Å²) in [6.45, 7) is 4.53. The first-order chi connectivity index (χ1) is 9.51. The fourth-order valence-corrected chi connectivity index (χ4v) is 2.00. The average molecular weight is 280 g/mol. The summed E-state index contributed by atoms with van der Waals surface area (Å²) in [5.41, 5.74) is 6.45. The quantitative estimate of drug-likeness (QED) is 0.665. The van der Waals surface area contributed by atoms with Gasteiger partial charge in [0.05, 0.1) is 19.4 Å². The Hall–Kier alpha value is -1.75. The fourth-order valence-electron chi connectivity index (χ4n) is 2.00. The molecule has 1 amide bonds. The molecule has 0 unspecified atom stereocenters. The van der Waals surface area contributed by atoms with E-state index in [1.807, 2.05) is 13.8 Å².